The molecule has 0 aliphatic carbocycles. The van der Waals surface area contributed by atoms with Crippen LogP contribution in [-0.2, 0) is 0 Å². The number of hydrogen-bond acceptors (Lipinski definition) is 5. The van der Waals surface area contributed by atoms with E-state index in [4.69, 9.17) is 4.74 Å². The van der Waals surface area contributed by atoms with Gasteiger partial charge in [0, 0.05) is 6.20 Å². The Hall–Kier alpha value is -3.51. The molecule has 0 N–H and O–H groups in total. The van der Waals surface area contributed by atoms with E-state index < -0.39 is 0 Å². The summed E-state index contributed by atoms with van der Waals surface area (Å²) in [5, 5.41) is 0.763. The number of hydrogen-bond donors (Lipinski definition) is 0. The van der Waals surface area contributed by atoms with E-state index in [1.165, 1.54) is 11.3 Å². The van der Waals surface area contributed by atoms with Crippen molar-refractivity contribution >= 4 is 31.8 Å². The molecule has 0 unspecified atom stereocenters. The lowest BCUT2D eigenvalue weighted by Crippen LogP contribution is -2.17. The number of thiophene rings is 1. The van der Waals surface area contributed by atoms with E-state index in [0.29, 0.717) is 16.0 Å². The summed E-state index contributed by atoms with van der Waals surface area (Å²) in [5.74, 6) is 1.37. The number of aryl methyl sites for hydroxylation is 1. The summed E-state index contributed by atoms with van der Waals surface area (Å²) in [5.41, 5.74) is 2.44. The van der Waals surface area contributed by atoms with Crippen LogP contribution in [0.15, 0.2) is 78.0 Å². The van der Waals surface area contributed by atoms with Gasteiger partial charge in [-0.05, 0) is 37.3 Å². The van der Waals surface area contributed by atoms with Crippen molar-refractivity contribution in [1.82, 2.24) is 14.5 Å². The lowest BCUT2D eigenvalue weighted by molar-refractivity contribution is 0.488. The monoisotopic (exact) mass is 385 g/mol. The first-order valence-corrected chi connectivity index (χ1v) is 9.61. The molecule has 28 heavy (non-hydrogen) atoms. The van der Waals surface area contributed by atoms with Crippen LogP contribution in [0.4, 0.5) is 0 Å². The fraction of sp³-hybridized carbons (Fsp3) is 0.0455. The summed E-state index contributed by atoms with van der Waals surface area (Å²) < 4.78 is 8.17. The van der Waals surface area contributed by atoms with Gasteiger partial charge in [-0.15, -0.1) is 11.3 Å². The molecular weight excluding hydrogens is 370 g/mol. The molecule has 3 heterocycles. The summed E-state index contributed by atoms with van der Waals surface area (Å²) in [6.07, 6.45) is 3.26. The molecule has 0 bridgehead atoms. The number of ether oxygens (including phenoxy) is 1. The number of pyridine rings is 1. The lowest BCUT2D eigenvalue weighted by atomic mass is 10.2. The van der Waals surface area contributed by atoms with E-state index in [2.05, 4.69) is 9.97 Å². The van der Waals surface area contributed by atoms with Gasteiger partial charge in [0.15, 0.2) is 0 Å². The van der Waals surface area contributed by atoms with Gasteiger partial charge in [0.2, 0.25) is 0 Å². The van der Waals surface area contributed by atoms with Gasteiger partial charge in [-0.25, -0.2) is 9.97 Å². The van der Waals surface area contributed by atoms with E-state index in [1.54, 1.807) is 23.2 Å². The molecule has 6 heteroatoms. The Balaban J connectivity index is 1.71. The first-order valence-electron chi connectivity index (χ1n) is 8.79. The van der Waals surface area contributed by atoms with Crippen LogP contribution in [0.1, 0.15) is 5.56 Å². The van der Waals surface area contributed by atoms with Crippen molar-refractivity contribution in [1.29, 1.82) is 0 Å². The highest BCUT2D eigenvalue weighted by Gasteiger charge is 2.17. The second-order valence-corrected chi connectivity index (χ2v) is 7.44. The van der Waals surface area contributed by atoms with Crippen molar-refractivity contribution in [3.8, 4) is 17.2 Å². The van der Waals surface area contributed by atoms with Crippen LogP contribution >= 0.6 is 11.3 Å². The first-order chi connectivity index (χ1) is 13.7. The Labute approximate surface area is 164 Å². The largest absolute Gasteiger partial charge is 0.456 e. The third kappa shape index (κ3) is 2.75. The first kappa shape index (κ1) is 16.6. The van der Waals surface area contributed by atoms with Crippen LogP contribution in [0.3, 0.4) is 0 Å². The number of aromatic nitrogens is 3. The molecular formula is C22H15N3O2S. The van der Waals surface area contributed by atoms with Crippen LogP contribution in [-0.4, -0.2) is 14.5 Å². The molecule has 0 fully saturated rings. The van der Waals surface area contributed by atoms with Crippen molar-refractivity contribution in [3.63, 3.8) is 0 Å². The number of fused-ring (bicyclic) bond motifs is 3. The minimum atomic E-state index is -0.109. The number of rotatable bonds is 3. The highest BCUT2D eigenvalue weighted by Crippen LogP contribution is 2.37. The summed E-state index contributed by atoms with van der Waals surface area (Å²) in [6, 6.07) is 19.1. The molecule has 5 rings (SSSR count). The van der Waals surface area contributed by atoms with Gasteiger partial charge in [-0.3, -0.25) is 9.36 Å². The van der Waals surface area contributed by atoms with Crippen LogP contribution in [0.25, 0.3) is 26.1 Å². The smallest absolute Gasteiger partial charge is 0.275 e. The lowest BCUT2D eigenvalue weighted by Gasteiger charge is -2.07. The Morgan fingerprint density at radius 1 is 0.964 bits per heavy atom. The Morgan fingerprint density at radius 3 is 2.54 bits per heavy atom. The quantitative estimate of drug-likeness (QED) is 0.434. The van der Waals surface area contributed by atoms with E-state index in [9.17, 15) is 4.79 Å². The molecule has 0 radical (unpaired) electrons. The summed E-state index contributed by atoms with van der Waals surface area (Å²) in [6.45, 7) is 2.01. The van der Waals surface area contributed by atoms with Gasteiger partial charge in [-0.2, -0.15) is 0 Å². The zero-order chi connectivity index (χ0) is 19.1. The average molecular weight is 385 g/mol. The molecule has 0 spiro atoms. The predicted octanol–water partition coefficient (Wildman–Crippen LogP) is 5.10. The van der Waals surface area contributed by atoms with Gasteiger partial charge in [0.25, 0.3) is 5.56 Å². The molecule has 136 valence electrons. The van der Waals surface area contributed by atoms with Gasteiger partial charge >= 0.3 is 0 Å². The molecule has 0 saturated heterocycles. The van der Waals surface area contributed by atoms with Gasteiger partial charge in [-0.1, -0.05) is 35.9 Å². The standard InChI is InChI=1S/C22H15N3O2S/c1-14-7-9-15(10-8-14)25-13-24-19-18-17(27-16-5-3-2-4-6-16)11-12-23-21(18)28-20(19)22(25)26/h2-13H,1H3. The third-order valence-corrected chi connectivity index (χ3v) is 5.60. The predicted molar refractivity (Wildman–Crippen MR) is 112 cm³/mol. The van der Waals surface area contributed by atoms with Crippen LogP contribution in [0.5, 0.6) is 11.5 Å². The number of benzene rings is 2. The van der Waals surface area contributed by atoms with E-state index in [0.717, 1.165) is 27.2 Å². The fourth-order valence-electron chi connectivity index (χ4n) is 3.12. The maximum atomic E-state index is 13.1. The molecule has 0 saturated carbocycles. The third-order valence-electron chi connectivity index (χ3n) is 4.53. The maximum absolute atomic E-state index is 13.1. The van der Waals surface area contributed by atoms with Crippen molar-refractivity contribution in [3.05, 3.63) is 89.1 Å². The molecule has 0 aliphatic rings. The number of para-hydroxylation sites is 1. The molecule has 5 aromatic rings. The Kier molecular flexibility index (Phi) is 3.91. The molecule has 0 amide bonds. The zero-order valence-corrected chi connectivity index (χ0v) is 15.8. The average Bonchev–Trinajstić information content (AvgIpc) is 3.11. The SMILES string of the molecule is Cc1ccc(-n2cnc3c(sc4nccc(Oc5ccccc5)c43)c2=O)cc1. The summed E-state index contributed by atoms with van der Waals surface area (Å²) in [7, 11) is 0. The van der Waals surface area contributed by atoms with Gasteiger partial charge in [0.1, 0.15) is 32.9 Å². The van der Waals surface area contributed by atoms with Crippen LogP contribution in [0, 0.1) is 6.92 Å². The zero-order valence-electron chi connectivity index (χ0n) is 15.0. The molecule has 2 aromatic carbocycles. The minimum absolute atomic E-state index is 0.109. The molecule has 0 aliphatic heterocycles. The van der Waals surface area contributed by atoms with Crippen LogP contribution in [0.2, 0.25) is 0 Å². The van der Waals surface area contributed by atoms with Crippen molar-refractivity contribution < 1.29 is 4.74 Å². The second-order valence-electron chi connectivity index (χ2n) is 6.44. The van der Waals surface area contributed by atoms with E-state index in [1.807, 2.05) is 61.5 Å². The number of nitrogens with zero attached hydrogens (tertiary/aromatic N) is 3. The summed E-state index contributed by atoms with van der Waals surface area (Å²) in [4.78, 5) is 22.9. The van der Waals surface area contributed by atoms with E-state index in [-0.39, 0.29) is 5.56 Å². The second kappa shape index (κ2) is 6.58. The molecule has 5 nitrogen and oxygen atoms in total. The van der Waals surface area contributed by atoms with E-state index >= 15 is 0 Å². The Bertz CT molecular complexity index is 1360. The fourth-order valence-corrected chi connectivity index (χ4v) is 4.16. The van der Waals surface area contributed by atoms with Gasteiger partial charge in [0.05, 0.1) is 11.1 Å². The highest BCUT2D eigenvalue weighted by molar-refractivity contribution is 7.25. The van der Waals surface area contributed by atoms with Crippen molar-refractivity contribution in [2.45, 2.75) is 6.92 Å². The molecule has 3 aromatic heterocycles. The normalized spacial score (nSPS) is 11.2. The minimum Gasteiger partial charge on any atom is -0.456 e. The highest BCUT2D eigenvalue weighted by atomic mass is 32.1. The van der Waals surface area contributed by atoms with Crippen molar-refractivity contribution in [2.75, 3.05) is 0 Å². The van der Waals surface area contributed by atoms with Crippen LogP contribution < -0.4 is 10.3 Å². The Morgan fingerprint density at radius 2 is 1.75 bits per heavy atom. The van der Waals surface area contributed by atoms with Crippen molar-refractivity contribution in [2.24, 2.45) is 0 Å². The molecule has 0 atom stereocenters. The van der Waals surface area contributed by atoms with Gasteiger partial charge < -0.3 is 4.74 Å². The maximum Gasteiger partial charge on any atom is 0.275 e. The topological polar surface area (TPSA) is 57.0 Å². The summed E-state index contributed by atoms with van der Waals surface area (Å²) >= 11 is 1.34.